The van der Waals surface area contributed by atoms with Gasteiger partial charge in [0.2, 0.25) is 0 Å². The third-order valence-corrected chi connectivity index (χ3v) is 3.64. The van der Waals surface area contributed by atoms with Gasteiger partial charge in [0.05, 0.1) is 4.90 Å². The molecule has 1 aromatic rings. The van der Waals surface area contributed by atoms with Crippen LogP contribution in [-0.4, -0.2) is 25.6 Å². The molecule has 0 unspecified atom stereocenters. The number of hydrogen-bond donors (Lipinski definition) is 2. The zero-order chi connectivity index (χ0) is 12.3. The molecule has 0 saturated carbocycles. The third-order valence-electron chi connectivity index (χ3n) is 1.71. The lowest BCUT2D eigenvalue weighted by molar-refractivity contribution is 0.449. The van der Waals surface area contributed by atoms with E-state index in [2.05, 4.69) is 17.0 Å². The van der Waals surface area contributed by atoms with E-state index >= 15 is 0 Å². The van der Waals surface area contributed by atoms with Crippen LogP contribution in [0.5, 0.6) is 0 Å². The number of halogens is 1. The molecule has 5 nitrogen and oxygen atoms in total. The lowest BCUT2D eigenvalue weighted by atomic mass is 10.4. The van der Waals surface area contributed by atoms with E-state index in [0.717, 1.165) is 5.01 Å². The molecule has 1 rings (SSSR count). The number of hydrogen-bond acceptors (Lipinski definition) is 3. The van der Waals surface area contributed by atoms with Gasteiger partial charge in [-0.2, -0.15) is 0 Å². The molecule has 0 amide bonds. The molecule has 0 aliphatic carbocycles. The van der Waals surface area contributed by atoms with E-state index < -0.39 is 10.0 Å². The van der Waals surface area contributed by atoms with Crippen molar-refractivity contribution >= 4 is 39.0 Å². The number of rotatable bonds is 3. The van der Waals surface area contributed by atoms with Crippen molar-refractivity contribution in [3.63, 3.8) is 0 Å². The molecule has 0 spiro atoms. The van der Waals surface area contributed by atoms with E-state index in [0.29, 0.717) is 5.02 Å². The molecule has 0 saturated heterocycles. The molecular weight excluding hydrogens is 270 g/mol. The highest BCUT2D eigenvalue weighted by molar-refractivity contribution is 7.89. The fraction of sp³-hybridized carbons (Fsp3) is 0.125. The highest BCUT2D eigenvalue weighted by atomic mass is 35.5. The van der Waals surface area contributed by atoms with Crippen molar-refractivity contribution < 1.29 is 8.42 Å². The first kappa shape index (κ1) is 13.2. The highest BCUT2D eigenvalue weighted by Gasteiger charge is 2.16. The summed E-state index contributed by atoms with van der Waals surface area (Å²) in [6.07, 6.45) is 0. The van der Waals surface area contributed by atoms with Crippen LogP contribution in [0.2, 0.25) is 5.02 Å². The van der Waals surface area contributed by atoms with Crippen molar-refractivity contribution in [3.8, 4) is 0 Å². The van der Waals surface area contributed by atoms with Gasteiger partial charge in [0.25, 0.3) is 10.0 Å². The second-order valence-electron chi connectivity index (χ2n) is 2.95. The number of thiocarbonyl (C=S) groups is 1. The van der Waals surface area contributed by atoms with E-state index in [1.165, 1.54) is 31.3 Å². The standard InChI is InChI=1S/C8H10ClN3O2S2/c1-12(8(10)15)11-16(13,14)7-4-2-6(9)3-5-7/h2-5,11H,1H3,(H2,10,15). The number of nitrogens with zero attached hydrogens (tertiary/aromatic N) is 1. The van der Waals surface area contributed by atoms with Gasteiger partial charge in [-0.05, 0) is 36.5 Å². The highest BCUT2D eigenvalue weighted by Crippen LogP contribution is 2.13. The van der Waals surface area contributed by atoms with Gasteiger partial charge in [-0.3, -0.25) is 5.01 Å². The Morgan fingerprint density at radius 1 is 1.44 bits per heavy atom. The maximum Gasteiger partial charge on any atom is 0.257 e. The molecule has 0 aromatic heterocycles. The smallest absolute Gasteiger partial charge is 0.257 e. The Hall–Kier alpha value is -0.890. The van der Waals surface area contributed by atoms with Crippen LogP contribution < -0.4 is 10.6 Å². The molecule has 0 fully saturated rings. The minimum atomic E-state index is -3.67. The topological polar surface area (TPSA) is 75.4 Å². The molecule has 16 heavy (non-hydrogen) atoms. The largest absolute Gasteiger partial charge is 0.375 e. The zero-order valence-electron chi connectivity index (χ0n) is 8.34. The van der Waals surface area contributed by atoms with Crippen molar-refractivity contribution in [2.24, 2.45) is 5.73 Å². The number of hydrazine groups is 1. The number of nitrogens with one attached hydrogen (secondary N) is 1. The summed E-state index contributed by atoms with van der Waals surface area (Å²) in [6, 6.07) is 5.74. The molecule has 88 valence electrons. The third kappa shape index (κ3) is 3.31. The maximum absolute atomic E-state index is 11.7. The molecule has 0 heterocycles. The first-order valence-corrected chi connectivity index (χ1v) is 6.41. The Morgan fingerprint density at radius 3 is 2.38 bits per heavy atom. The fourth-order valence-corrected chi connectivity index (χ4v) is 2.18. The van der Waals surface area contributed by atoms with Gasteiger partial charge in [0.15, 0.2) is 5.11 Å². The summed E-state index contributed by atoms with van der Waals surface area (Å²) in [6.45, 7) is 0. The van der Waals surface area contributed by atoms with Crippen molar-refractivity contribution in [2.45, 2.75) is 4.90 Å². The van der Waals surface area contributed by atoms with Crippen LogP contribution in [0.1, 0.15) is 0 Å². The molecular formula is C8H10ClN3O2S2. The Labute approximate surface area is 104 Å². The van der Waals surface area contributed by atoms with Gasteiger partial charge in [-0.15, -0.1) is 4.83 Å². The SMILES string of the molecule is CN(NS(=O)(=O)c1ccc(Cl)cc1)C(N)=S. The molecule has 0 aliphatic rings. The van der Waals surface area contributed by atoms with Gasteiger partial charge in [-0.1, -0.05) is 11.6 Å². The Bertz CT molecular complexity index is 487. The van der Waals surface area contributed by atoms with E-state index in [4.69, 9.17) is 17.3 Å². The van der Waals surface area contributed by atoms with Gasteiger partial charge in [0, 0.05) is 12.1 Å². The van der Waals surface area contributed by atoms with Crippen molar-refractivity contribution in [1.29, 1.82) is 0 Å². The summed E-state index contributed by atoms with van der Waals surface area (Å²) in [7, 11) is -2.26. The fourth-order valence-electron chi connectivity index (χ4n) is 0.892. The monoisotopic (exact) mass is 279 g/mol. The van der Waals surface area contributed by atoms with Crippen LogP contribution in [0.3, 0.4) is 0 Å². The summed E-state index contributed by atoms with van der Waals surface area (Å²) in [4.78, 5) is 2.27. The Morgan fingerprint density at radius 2 is 1.94 bits per heavy atom. The summed E-state index contributed by atoms with van der Waals surface area (Å²) >= 11 is 10.3. The van der Waals surface area contributed by atoms with Gasteiger partial charge in [0.1, 0.15) is 0 Å². The first-order chi connectivity index (χ1) is 7.33. The summed E-state index contributed by atoms with van der Waals surface area (Å²) in [5, 5.41) is 1.43. The van der Waals surface area contributed by atoms with E-state index in [1.807, 2.05) is 0 Å². The van der Waals surface area contributed by atoms with Crippen LogP contribution in [0.4, 0.5) is 0 Å². The molecule has 0 atom stereocenters. The second kappa shape index (κ2) is 4.96. The van der Waals surface area contributed by atoms with Crippen LogP contribution in [-0.2, 0) is 10.0 Å². The quantitative estimate of drug-likeness (QED) is 0.630. The second-order valence-corrected chi connectivity index (χ2v) is 5.46. The Balaban J connectivity index is 2.94. The zero-order valence-corrected chi connectivity index (χ0v) is 10.7. The first-order valence-electron chi connectivity index (χ1n) is 4.14. The van der Waals surface area contributed by atoms with E-state index in [1.54, 1.807) is 0 Å². The van der Waals surface area contributed by atoms with Crippen LogP contribution >= 0.6 is 23.8 Å². The molecule has 0 aliphatic heterocycles. The van der Waals surface area contributed by atoms with E-state index in [-0.39, 0.29) is 10.0 Å². The molecule has 0 radical (unpaired) electrons. The van der Waals surface area contributed by atoms with Crippen molar-refractivity contribution in [2.75, 3.05) is 7.05 Å². The lowest BCUT2D eigenvalue weighted by Crippen LogP contribution is -2.45. The average molecular weight is 280 g/mol. The van der Waals surface area contributed by atoms with Crippen LogP contribution in [0.25, 0.3) is 0 Å². The average Bonchev–Trinajstić information content (AvgIpc) is 2.17. The predicted octanol–water partition coefficient (Wildman–Crippen LogP) is 0.709. The van der Waals surface area contributed by atoms with Gasteiger partial charge >= 0.3 is 0 Å². The minimum Gasteiger partial charge on any atom is -0.375 e. The predicted molar refractivity (Wildman–Crippen MR) is 66.3 cm³/mol. The van der Waals surface area contributed by atoms with Crippen molar-refractivity contribution in [3.05, 3.63) is 29.3 Å². The lowest BCUT2D eigenvalue weighted by Gasteiger charge is -2.17. The van der Waals surface area contributed by atoms with Gasteiger partial charge < -0.3 is 5.73 Å². The summed E-state index contributed by atoms with van der Waals surface area (Å²) < 4.78 is 23.5. The minimum absolute atomic E-state index is 0.0717. The Kier molecular flexibility index (Phi) is 4.09. The molecule has 8 heteroatoms. The molecule has 3 N–H and O–H groups in total. The normalized spacial score (nSPS) is 11.1. The van der Waals surface area contributed by atoms with Gasteiger partial charge in [-0.25, -0.2) is 8.42 Å². The van der Waals surface area contributed by atoms with Crippen LogP contribution in [0, 0.1) is 0 Å². The number of sulfonamides is 1. The molecule has 0 bridgehead atoms. The number of benzene rings is 1. The summed E-state index contributed by atoms with van der Waals surface area (Å²) in [5.41, 5.74) is 5.25. The van der Waals surface area contributed by atoms with Crippen molar-refractivity contribution in [1.82, 2.24) is 9.84 Å². The summed E-state index contributed by atoms with van der Waals surface area (Å²) in [5.74, 6) is 0. The maximum atomic E-state index is 11.7. The number of nitrogens with two attached hydrogens (primary N) is 1. The van der Waals surface area contributed by atoms with E-state index in [9.17, 15) is 8.42 Å². The van der Waals surface area contributed by atoms with Crippen LogP contribution in [0.15, 0.2) is 29.2 Å². The molecule has 1 aromatic carbocycles.